The first-order valence-corrected chi connectivity index (χ1v) is 7.30. The van der Waals surface area contributed by atoms with E-state index in [4.69, 9.17) is 9.47 Å². The van der Waals surface area contributed by atoms with Crippen molar-refractivity contribution in [2.24, 2.45) is 0 Å². The van der Waals surface area contributed by atoms with Gasteiger partial charge in [0.25, 0.3) is 0 Å². The van der Waals surface area contributed by atoms with Gasteiger partial charge in [-0.15, -0.1) is 0 Å². The summed E-state index contributed by atoms with van der Waals surface area (Å²) in [4.78, 5) is 12.1. The van der Waals surface area contributed by atoms with Crippen molar-refractivity contribution in [2.75, 3.05) is 18.5 Å². The number of carbonyl (C=O) groups excluding carboxylic acids is 1. The maximum atomic E-state index is 12.1. The lowest BCUT2D eigenvalue weighted by Gasteiger charge is -2.19. The molecule has 7 heteroatoms. The summed E-state index contributed by atoms with van der Waals surface area (Å²) in [6, 6.07) is 5.34. The molecular formula is C14H14BrN3O3. The van der Waals surface area contributed by atoms with Crippen LogP contribution in [0.15, 0.2) is 28.9 Å². The van der Waals surface area contributed by atoms with E-state index in [0.717, 1.165) is 10.2 Å². The summed E-state index contributed by atoms with van der Waals surface area (Å²) < 4.78 is 13.4. The number of rotatable bonds is 3. The molecule has 0 fully saturated rings. The Morgan fingerprint density at radius 2 is 2.14 bits per heavy atom. The maximum absolute atomic E-state index is 12.1. The molecule has 21 heavy (non-hydrogen) atoms. The third-order valence-electron chi connectivity index (χ3n) is 3.16. The number of carbonyl (C=O) groups is 1. The number of fused-ring (bicyclic) bond motifs is 1. The summed E-state index contributed by atoms with van der Waals surface area (Å²) in [7, 11) is 0. The molecule has 0 atom stereocenters. The number of amides is 1. The minimum absolute atomic E-state index is 0.148. The molecule has 1 N–H and O–H groups in total. The molecule has 0 bridgehead atoms. The van der Waals surface area contributed by atoms with Gasteiger partial charge in [-0.05, 0) is 35.0 Å². The van der Waals surface area contributed by atoms with E-state index in [2.05, 4.69) is 26.3 Å². The molecule has 0 unspecified atom stereocenters. The number of anilines is 1. The van der Waals surface area contributed by atoms with E-state index in [1.807, 2.05) is 6.92 Å². The Hall–Kier alpha value is -2.02. The van der Waals surface area contributed by atoms with Crippen LogP contribution in [0.1, 0.15) is 5.69 Å². The smallest absolute Gasteiger partial charge is 0.246 e. The molecule has 1 aliphatic heterocycles. The van der Waals surface area contributed by atoms with Crippen LogP contribution >= 0.6 is 15.9 Å². The predicted molar refractivity (Wildman–Crippen MR) is 80.7 cm³/mol. The molecule has 2 heterocycles. The molecule has 0 aliphatic carbocycles. The maximum Gasteiger partial charge on any atom is 0.246 e. The summed E-state index contributed by atoms with van der Waals surface area (Å²) >= 11 is 3.37. The summed E-state index contributed by atoms with van der Waals surface area (Å²) in [5.41, 5.74) is 1.58. The van der Waals surface area contributed by atoms with E-state index in [-0.39, 0.29) is 12.5 Å². The van der Waals surface area contributed by atoms with Crippen LogP contribution in [0.2, 0.25) is 0 Å². The van der Waals surface area contributed by atoms with E-state index >= 15 is 0 Å². The average molecular weight is 352 g/mol. The Morgan fingerprint density at radius 1 is 1.38 bits per heavy atom. The molecule has 0 spiro atoms. The number of nitrogens with zero attached hydrogens (tertiary/aromatic N) is 2. The monoisotopic (exact) mass is 351 g/mol. The third-order valence-corrected chi connectivity index (χ3v) is 3.94. The molecule has 6 nitrogen and oxygen atoms in total. The molecule has 3 rings (SSSR count). The van der Waals surface area contributed by atoms with Gasteiger partial charge in [0.2, 0.25) is 5.91 Å². The van der Waals surface area contributed by atoms with Gasteiger partial charge in [0.1, 0.15) is 19.8 Å². The topological polar surface area (TPSA) is 65.4 Å². The van der Waals surface area contributed by atoms with Gasteiger partial charge in [0, 0.05) is 11.8 Å². The second kappa shape index (κ2) is 5.77. The van der Waals surface area contributed by atoms with Crippen LogP contribution in [0.5, 0.6) is 11.5 Å². The molecule has 2 aromatic rings. The van der Waals surface area contributed by atoms with Crippen LogP contribution in [-0.4, -0.2) is 28.9 Å². The Morgan fingerprint density at radius 3 is 2.86 bits per heavy atom. The van der Waals surface area contributed by atoms with Crippen molar-refractivity contribution >= 4 is 27.5 Å². The normalized spacial score (nSPS) is 13.0. The fraction of sp³-hybridized carbons (Fsp3) is 0.286. The number of aromatic nitrogens is 2. The minimum atomic E-state index is -0.148. The highest BCUT2D eigenvalue weighted by Crippen LogP contribution is 2.32. The SMILES string of the molecule is Cc1c(Br)cnn1CC(=O)Nc1ccc2c(c1)OCCO2. The van der Waals surface area contributed by atoms with Crippen LogP contribution in [-0.2, 0) is 11.3 Å². The summed E-state index contributed by atoms with van der Waals surface area (Å²) in [6.45, 7) is 3.12. The summed E-state index contributed by atoms with van der Waals surface area (Å²) in [5, 5.41) is 6.96. The van der Waals surface area contributed by atoms with Gasteiger partial charge in [-0.25, -0.2) is 0 Å². The van der Waals surface area contributed by atoms with E-state index in [1.165, 1.54) is 0 Å². The van der Waals surface area contributed by atoms with E-state index in [9.17, 15) is 4.79 Å². The molecule has 1 aliphatic rings. The second-order valence-corrected chi connectivity index (χ2v) is 5.50. The first kappa shape index (κ1) is 13.9. The zero-order valence-electron chi connectivity index (χ0n) is 11.4. The minimum Gasteiger partial charge on any atom is -0.486 e. The second-order valence-electron chi connectivity index (χ2n) is 4.64. The number of ether oxygens (including phenoxy) is 2. The summed E-state index contributed by atoms with van der Waals surface area (Å²) in [5.74, 6) is 1.20. The van der Waals surface area contributed by atoms with Gasteiger partial charge in [0.15, 0.2) is 11.5 Å². The van der Waals surface area contributed by atoms with E-state index in [1.54, 1.807) is 29.1 Å². The van der Waals surface area contributed by atoms with Crippen molar-refractivity contribution < 1.29 is 14.3 Å². The van der Waals surface area contributed by atoms with Gasteiger partial charge in [-0.2, -0.15) is 5.10 Å². The Balaban J connectivity index is 1.68. The van der Waals surface area contributed by atoms with Gasteiger partial charge in [0.05, 0.1) is 16.4 Å². The number of benzene rings is 1. The number of hydrogen-bond donors (Lipinski definition) is 1. The first-order valence-electron chi connectivity index (χ1n) is 6.51. The number of halogens is 1. The highest BCUT2D eigenvalue weighted by atomic mass is 79.9. The van der Waals surface area contributed by atoms with Gasteiger partial charge in [-0.3, -0.25) is 9.48 Å². The Labute approximate surface area is 130 Å². The first-order chi connectivity index (χ1) is 10.1. The molecule has 0 saturated carbocycles. The highest BCUT2D eigenvalue weighted by Gasteiger charge is 2.13. The molecule has 0 saturated heterocycles. The molecular weight excluding hydrogens is 338 g/mol. The van der Waals surface area contributed by atoms with Crippen molar-refractivity contribution in [3.05, 3.63) is 34.6 Å². The van der Waals surface area contributed by atoms with Crippen LogP contribution < -0.4 is 14.8 Å². The molecule has 110 valence electrons. The molecule has 1 aromatic carbocycles. The summed E-state index contributed by atoms with van der Waals surface area (Å²) in [6.07, 6.45) is 1.67. The molecule has 0 radical (unpaired) electrons. The molecule has 1 aromatic heterocycles. The van der Waals surface area contributed by atoms with Crippen LogP contribution in [0.3, 0.4) is 0 Å². The van der Waals surface area contributed by atoms with Crippen molar-refractivity contribution in [2.45, 2.75) is 13.5 Å². The third kappa shape index (κ3) is 3.02. The zero-order chi connectivity index (χ0) is 14.8. The fourth-order valence-electron chi connectivity index (χ4n) is 2.04. The van der Waals surface area contributed by atoms with Crippen molar-refractivity contribution in [3.8, 4) is 11.5 Å². The van der Waals surface area contributed by atoms with E-state index < -0.39 is 0 Å². The highest BCUT2D eigenvalue weighted by molar-refractivity contribution is 9.10. The quantitative estimate of drug-likeness (QED) is 0.921. The van der Waals surface area contributed by atoms with Gasteiger partial charge < -0.3 is 14.8 Å². The van der Waals surface area contributed by atoms with Crippen molar-refractivity contribution in [1.82, 2.24) is 9.78 Å². The predicted octanol–water partition coefficient (Wildman–Crippen LogP) is 2.36. The Kier molecular flexibility index (Phi) is 3.83. The van der Waals surface area contributed by atoms with Crippen molar-refractivity contribution in [3.63, 3.8) is 0 Å². The largest absolute Gasteiger partial charge is 0.486 e. The Bertz CT molecular complexity index is 684. The van der Waals surface area contributed by atoms with Crippen molar-refractivity contribution in [1.29, 1.82) is 0 Å². The van der Waals surface area contributed by atoms with Crippen LogP contribution in [0, 0.1) is 6.92 Å². The fourth-order valence-corrected chi connectivity index (χ4v) is 2.34. The number of nitrogens with one attached hydrogen (secondary N) is 1. The van der Waals surface area contributed by atoms with Gasteiger partial charge in [-0.1, -0.05) is 0 Å². The molecule has 1 amide bonds. The number of hydrogen-bond acceptors (Lipinski definition) is 4. The lowest BCUT2D eigenvalue weighted by molar-refractivity contribution is -0.116. The zero-order valence-corrected chi connectivity index (χ0v) is 13.0. The lowest BCUT2D eigenvalue weighted by atomic mass is 10.2. The lowest BCUT2D eigenvalue weighted by Crippen LogP contribution is -2.20. The average Bonchev–Trinajstić information content (AvgIpc) is 2.79. The standard InChI is InChI=1S/C14H14BrN3O3/c1-9-11(15)7-16-18(9)8-14(19)17-10-2-3-12-13(6-10)21-5-4-20-12/h2-3,6-7H,4-5,8H2,1H3,(H,17,19). The van der Waals surface area contributed by atoms with E-state index in [0.29, 0.717) is 30.4 Å². The van der Waals surface area contributed by atoms with Crippen LogP contribution in [0.4, 0.5) is 5.69 Å². The van der Waals surface area contributed by atoms with Gasteiger partial charge >= 0.3 is 0 Å². The van der Waals surface area contributed by atoms with Crippen LogP contribution in [0.25, 0.3) is 0 Å².